The third kappa shape index (κ3) is 2.87. The highest BCUT2D eigenvalue weighted by Gasteiger charge is 2.16. The maximum atomic E-state index is 13.4. The van der Waals surface area contributed by atoms with Crippen LogP contribution in [-0.2, 0) is 0 Å². The van der Waals surface area contributed by atoms with E-state index in [1.807, 2.05) is 0 Å². The number of nitrogens with two attached hydrogens (primary N) is 1. The second kappa shape index (κ2) is 5.04. The van der Waals surface area contributed by atoms with Gasteiger partial charge in [0.15, 0.2) is 0 Å². The topological polar surface area (TPSA) is 69.2 Å². The highest BCUT2D eigenvalue weighted by Crippen LogP contribution is 2.30. The molecule has 1 aromatic rings. The Morgan fingerprint density at radius 2 is 2.27 bits per heavy atom. The molecule has 0 fully saturated rings. The van der Waals surface area contributed by atoms with Gasteiger partial charge in [0.2, 0.25) is 0 Å². The van der Waals surface area contributed by atoms with Crippen LogP contribution in [0.4, 0.5) is 10.1 Å². The molecule has 0 saturated heterocycles. The SMILES string of the molecule is NCCC(F)c1ccc(Cl)c([N+](=O)[O-])c1. The summed E-state index contributed by atoms with van der Waals surface area (Å²) in [5.74, 6) is 0. The molecule has 1 aromatic carbocycles. The van der Waals surface area contributed by atoms with E-state index in [2.05, 4.69) is 0 Å². The van der Waals surface area contributed by atoms with Crippen molar-refractivity contribution in [1.29, 1.82) is 0 Å². The van der Waals surface area contributed by atoms with Crippen LogP contribution in [0.1, 0.15) is 18.2 Å². The van der Waals surface area contributed by atoms with E-state index in [-0.39, 0.29) is 29.2 Å². The number of benzene rings is 1. The summed E-state index contributed by atoms with van der Waals surface area (Å²) >= 11 is 5.58. The quantitative estimate of drug-likeness (QED) is 0.641. The summed E-state index contributed by atoms with van der Waals surface area (Å²) in [5.41, 5.74) is 5.14. The van der Waals surface area contributed by atoms with Gasteiger partial charge in [-0.15, -0.1) is 0 Å². The van der Waals surface area contributed by atoms with Gasteiger partial charge in [-0.3, -0.25) is 10.1 Å². The van der Waals surface area contributed by atoms with E-state index in [1.165, 1.54) is 12.1 Å². The zero-order valence-corrected chi connectivity index (χ0v) is 8.58. The molecule has 0 aliphatic carbocycles. The van der Waals surface area contributed by atoms with Crippen LogP contribution in [0.15, 0.2) is 18.2 Å². The van der Waals surface area contributed by atoms with Crippen LogP contribution in [0.3, 0.4) is 0 Å². The number of nitrogens with zero attached hydrogens (tertiary/aromatic N) is 1. The molecule has 0 aliphatic rings. The van der Waals surface area contributed by atoms with Crippen LogP contribution in [0, 0.1) is 10.1 Å². The van der Waals surface area contributed by atoms with Crippen molar-refractivity contribution >= 4 is 17.3 Å². The van der Waals surface area contributed by atoms with Crippen molar-refractivity contribution in [1.82, 2.24) is 0 Å². The van der Waals surface area contributed by atoms with E-state index in [0.29, 0.717) is 0 Å². The zero-order valence-electron chi connectivity index (χ0n) is 7.82. The maximum Gasteiger partial charge on any atom is 0.288 e. The second-order valence-corrected chi connectivity index (χ2v) is 3.42. The number of nitro benzene ring substituents is 1. The van der Waals surface area contributed by atoms with Gasteiger partial charge < -0.3 is 5.73 Å². The molecule has 1 unspecified atom stereocenters. The molecular weight excluding hydrogens is 223 g/mol. The molecular formula is C9H10ClFN2O2. The molecule has 1 rings (SSSR count). The fourth-order valence-corrected chi connectivity index (χ4v) is 1.36. The lowest BCUT2D eigenvalue weighted by Crippen LogP contribution is -2.04. The van der Waals surface area contributed by atoms with Crippen LogP contribution in [0.5, 0.6) is 0 Å². The number of halogens is 2. The first-order valence-corrected chi connectivity index (χ1v) is 4.72. The van der Waals surface area contributed by atoms with Gasteiger partial charge in [-0.25, -0.2) is 4.39 Å². The Labute approximate surface area is 91.0 Å². The lowest BCUT2D eigenvalue weighted by Gasteiger charge is -2.06. The van der Waals surface area contributed by atoms with Crippen LogP contribution >= 0.6 is 11.6 Å². The third-order valence-corrected chi connectivity index (χ3v) is 2.27. The first-order valence-electron chi connectivity index (χ1n) is 4.34. The average molecular weight is 233 g/mol. The molecule has 0 aromatic heterocycles. The van der Waals surface area contributed by atoms with Crippen molar-refractivity contribution in [3.05, 3.63) is 38.9 Å². The zero-order chi connectivity index (χ0) is 11.4. The van der Waals surface area contributed by atoms with E-state index >= 15 is 0 Å². The fourth-order valence-electron chi connectivity index (χ4n) is 1.18. The maximum absolute atomic E-state index is 13.4. The first kappa shape index (κ1) is 11.9. The van der Waals surface area contributed by atoms with Gasteiger partial charge in [-0.1, -0.05) is 17.7 Å². The van der Waals surface area contributed by atoms with Crippen molar-refractivity contribution < 1.29 is 9.31 Å². The van der Waals surface area contributed by atoms with Crippen LogP contribution in [0.25, 0.3) is 0 Å². The molecule has 1 atom stereocenters. The van der Waals surface area contributed by atoms with E-state index in [0.717, 1.165) is 6.07 Å². The molecule has 2 N–H and O–H groups in total. The Kier molecular flexibility index (Phi) is 3.99. The van der Waals surface area contributed by atoms with Crippen LogP contribution in [0.2, 0.25) is 5.02 Å². The summed E-state index contributed by atoms with van der Waals surface area (Å²) in [7, 11) is 0. The van der Waals surface area contributed by atoms with E-state index in [1.54, 1.807) is 0 Å². The molecule has 0 heterocycles. The Hall–Kier alpha value is -1.20. The minimum Gasteiger partial charge on any atom is -0.330 e. The molecule has 0 spiro atoms. The number of hydrogen-bond acceptors (Lipinski definition) is 3. The monoisotopic (exact) mass is 232 g/mol. The van der Waals surface area contributed by atoms with Crippen molar-refractivity contribution in [3.63, 3.8) is 0 Å². The largest absolute Gasteiger partial charge is 0.330 e. The average Bonchev–Trinajstić information content (AvgIpc) is 2.18. The fraction of sp³-hybridized carbons (Fsp3) is 0.333. The molecule has 0 amide bonds. The molecule has 4 nitrogen and oxygen atoms in total. The number of rotatable bonds is 4. The van der Waals surface area contributed by atoms with Crippen molar-refractivity contribution in [2.75, 3.05) is 6.54 Å². The Morgan fingerprint density at radius 3 is 2.80 bits per heavy atom. The van der Waals surface area contributed by atoms with Gasteiger partial charge in [-0.2, -0.15) is 0 Å². The Balaban J connectivity index is 3.02. The van der Waals surface area contributed by atoms with E-state index < -0.39 is 11.1 Å². The summed E-state index contributed by atoms with van der Waals surface area (Å²) in [5, 5.41) is 10.5. The molecule has 0 radical (unpaired) electrons. The third-order valence-electron chi connectivity index (χ3n) is 1.95. The minimum absolute atomic E-state index is 0.00342. The van der Waals surface area contributed by atoms with E-state index in [9.17, 15) is 14.5 Å². The number of nitro groups is 1. The molecule has 6 heteroatoms. The van der Waals surface area contributed by atoms with Gasteiger partial charge in [0.25, 0.3) is 5.69 Å². The lowest BCUT2D eigenvalue weighted by molar-refractivity contribution is -0.384. The normalized spacial score (nSPS) is 12.5. The summed E-state index contributed by atoms with van der Waals surface area (Å²) in [6.07, 6.45) is -1.15. The smallest absolute Gasteiger partial charge is 0.288 e. The summed E-state index contributed by atoms with van der Waals surface area (Å²) < 4.78 is 13.4. The summed E-state index contributed by atoms with van der Waals surface area (Å²) in [4.78, 5) is 9.89. The van der Waals surface area contributed by atoms with Gasteiger partial charge in [0, 0.05) is 6.07 Å². The number of alkyl halides is 1. The first-order chi connectivity index (χ1) is 7.06. The molecule has 82 valence electrons. The van der Waals surface area contributed by atoms with Gasteiger partial charge in [0.1, 0.15) is 11.2 Å². The van der Waals surface area contributed by atoms with Gasteiger partial charge in [-0.05, 0) is 24.6 Å². The minimum atomic E-state index is -1.29. The highest BCUT2D eigenvalue weighted by atomic mass is 35.5. The highest BCUT2D eigenvalue weighted by molar-refractivity contribution is 6.32. The lowest BCUT2D eigenvalue weighted by atomic mass is 10.1. The molecule has 0 aliphatic heterocycles. The van der Waals surface area contributed by atoms with Gasteiger partial charge in [0.05, 0.1) is 4.92 Å². The van der Waals surface area contributed by atoms with Gasteiger partial charge >= 0.3 is 0 Å². The van der Waals surface area contributed by atoms with Crippen LogP contribution in [-0.4, -0.2) is 11.5 Å². The summed E-state index contributed by atoms with van der Waals surface area (Å²) in [6, 6.07) is 3.89. The predicted molar refractivity (Wildman–Crippen MR) is 55.6 cm³/mol. The molecule has 15 heavy (non-hydrogen) atoms. The van der Waals surface area contributed by atoms with Crippen molar-refractivity contribution in [3.8, 4) is 0 Å². The predicted octanol–water partition coefficient (Wildman–Crippen LogP) is 2.61. The standard InChI is InChI=1S/C9H10ClFN2O2/c10-7-2-1-6(8(11)3-4-12)5-9(7)13(14)15/h1-2,5,8H,3-4,12H2. The van der Waals surface area contributed by atoms with Crippen LogP contribution < -0.4 is 5.73 Å². The molecule has 0 bridgehead atoms. The molecule has 0 saturated carbocycles. The van der Waals surface area contributed by atoms with Crippen molar-refractivity contribution in [2.45, 2.75) is 12.6 Å². The van der Waals surface area contributed by atoms with E-state index in [4.69, 9.17) is 17.3 Å². The summed E-state index contributed by atoms with van der Waals surface area (Å²) in [6.45, 7) is 0.192. The second-order valence-electron chi connectivity index (χ2n) is 3.01. The number of hydrogen-bond donors (Lipinski definition) is 1. The van der Waals surface area contributed by atoms with Crippen molar-refractivity contribution in [2.24, 2.45) is 5.73 Å². The Morgan fingerprint density at radius 1 is 1.60 bits per heavy atom. The Bertz CT molecular complexity index is 373.